The smallest absolute Gasteiger partial charge is 0.0488 e. The molecule has 1 aromatic carbocycles. The largest absolute Gasteiger partial charge is 0.271 e. The van der Waals surface area contributed by atoms with Crippen molar-refractivity contribution in [2.75, 3.05) is 0 Å². The molecule has 2 nitrogen and oxygen atoms in total. The molecule has 0 aromatic heterocycles. The second kappa shape index (κ2) is 6.18. The number of hydrogen-bond acceptors (Lipinski definition) is 2. The molecular formula is C15H23BrN2. The van der Waals surface area contributed by atoms with Crippen LogP contribution >= 0.6 is 15.9 Å². The Bertz CT molecular complexity index is 385. The minimum absolute atomic E-state index is 0.281. The Morgan fingerprint density at radius 2 is 2.11 bits per heavy atom. The summed E-state index contributed by atoms with van der Waals surface area (Å²) in [6.45, 7) is 4.48. The van der Waals surface area contributed by atoms with Crippen molar-refractivity contribution >= 4 is 15.9 Å². The van der Waals surface area contributed by atoms with Crippen LogP contribution in [0.3, 0.4) is 0 Å². The van der Waals surface area contributed by atoms with Crippen LogP contribution in [0.25, 0.3) is 0 Å². The molecule has 0 bridgehead atoms. The van der Waals surface area contributed by atoms with Crippen LogP contribution in [0.1, 0.15) is 49.8 Å². The summed E-state index contributed by atoms with van der Waals surface area (Å²) in [6, 6.07) is 6.86. The highest BCUT2D eigenvalue weighted by Gasteiger charge is 2.27. The van der Waals surface area contributed by atoms with Gasteiger partial charge in [-0.3, -0.25) is 11.3 Å². The molecule has 0 radical (unpaired) electrons. The first-order valence-corrected chi connectivity index (χ1v) is 7.62. The summed E-state index contributed by atoms with van der Waals surface area (Å²) >= 11 is 3.58. The molecular weight excluding hydrogens is 288 g/mol. The molecule has 0 aliphatic heterocycles. The lowest BCUT2D eigenvalue weighted by atomic mass is 9.77. The topological polar surface area (TPSA) is 38.0 Å². The molecule has 2 rings (SSSR count). The fourth-order valence-corrected chi connectivity index (χ4v) is 3.86. The number of aryl methyl sites for hydroxylation is 1. The maximum Gasteiger partial charge on any atom is 0.0488 e. The summed E-state index contributed by atoms with van der Waals surface area (Å²) in [7, 11) is 0. The Balaban J connectivity index is 2.21. The number of halogens is 1. The van der Waals surface area contributed by atoms with Gasteiger partial charge in [0.15, 0.2) is 0 Å². The molecule has 18 heavy (non-hydrogen) atoms. The Hall–Kier alpha value is -0.380. The monoisotopic (exact) mass is 310 g/mol. The number of nitrogens with one attached hydrogen (secondary N) is 1. The number of nitrogens with two attached hydrogens (primary N) is 1. The third-order valence-corrected chi connectivity index (χ3v) is 4.51. The van der Waals surface area contributed by atoms with Gasteiger partial charge >= 0.3 is 0 Å². The average Bonchev–Trinajstić information content (AvgIpc) is 2.28. The first-order valence-electron chi connectivity index (χ1n) is 6.83. The fraction of sp³-hybridized carbons (Fsp3) is 0.600. The fourth-order valence-electron chi connectivity index (χ4n) is 3.23. The van der Waals surface area contributed by atoms with Crippen molar-refractivity contribution in [1.82, 2.24) is 5.43 Å². The van der Waals surface area contributed by atoms with Crippen molar-refractivity contribution in [1.29, 1.82) is 0 Å². The van der Waals surface area contributed by atoms with Crippen LogP contribution in [0.4, 0.5) is 0 Å². The molecule has 1 aromatic rings. The van der Waals surface area contributed by atoms with Crippen LogP contribution < -0.4 is 11.3 Å². The van der Waals surface area contributed by atoms with Crippen LogP contribution in [-0.4, -0.2) is 0 Å². The number of hydrazine groups is 1. The standard InChI is InChI=1S/C15H23BrN2/c1-10-4-3-5-12(6-10)15(18-17)13-7-11(2)8-14(16)9-13/h7-10,12,15,18H,3-6,17H2,1-2H3. The zero-order chi connectivity index (χ0) is 13.1. The van der Waals surface area contributed by atoms with Crippen molar-refractivity contribution in [3.8, 4) is 0 Å². The summed E-state index contributed by atoms with van der Waals surface area (Å²) in [6.07, 6.45) is 5.26. The van der Waals surface area contributed by atoms with Crippen molar-refractivity contribution in [2.24, 2.45) is 17.7 Å². The second-order valence-electron chi connectivity index (χ2n) is 5.74. The molecule has 1 saturated carbocycles. The molecule has 1 fully saturated rings. The highest BCUT2D eigenvalue weighted by atomic mass is 79.9. The summed E-state index contributed by atoms with van der Waals surface area (Å²) in [5.74, 6) is 7.30. The molecule has 3 N–H and O–H groups in total. The molecule has 0 heterocycles. The van der Waals surface area contributed by atoms with E-state index in [4.69, 9.17) is 5.84 Å². The lowest BCUT2D eigenvalue weighted by Crippen LogP contribution is -2.35. The maximum absolute atomic E-state index is 5.82. The molecule has 100 valence electrons. The molecule has 3 unspecified atom stereocenters. The lowest BCUT2D eigenvalue weighted by molar-refractivity contribution is 0.224. The van der Waals surface area contributed by atoms with Crippen LogP contribution in [0.2, 0.25) is 0 Å². The van der Waals surface area contributed by atoms with E-state index in [0.717, 1.165) is 10.4 Å². The van der Waals surface area contributed by atoms with Crippen molar-refractivity contribution < 1.29 is 0 Å². The Morgan fingerprint density at radius 1 is 1.33 bits per heavy atom. The maximum atomic E-state index is 5.82. The zero-order valence-electron chi connectivity index (χ0n) is 11.2. The van der Waals surface area contributed by atoms with E-state index in [1.165, 1.54) is 36.8 Å². The summed E-state index contributed by atoms with van der Waals surface area (Å²) in [4.78, 5) is 0. The van der Waals surface area contributed by atoms with E-state index in [0.29, 0.717) is 5.92 Å². The minimum Gasteiger partial charge on any atom is -0.271 e. The summed E-state index contributed by atoms with van der Waals surface area (Å²) in [5.41, 5.74) is 5.63. The van der Waals surface area contributed by atoms with E-state index in [-0.39, 0.29) is 6.04 Å². The zero-order valence-corrected chi connectivity index (χ0v) is 12.8. The predicted molar refractivity (Wildman–Crippen MR) is 80.1 cm³/mol. The van der Waals surface area contributed by atoms with Crippen molar-refractivity contribution in [2.45, 2.75) is 45.6 Å². The van der Waals surface area contributed by atoms with Gasteiger partial charge in [0.05, 0.1) is 0 Å². The Morgan fingerprint density at radius 3 is 2.72 bits per heavy atom. The molecule has 0 amide bonds. The predicted octanol–water partition coefficient (Wildman–Crippen LogP) is 4.09. The second-order valence-corrected chi connectivity index (χ2v) is 6.65. The van der Waals surface area contributed by atoms with Gasteiger partial charge in [0, 0.05) is 10.5 Å². The molecule has 1 aliphatic rings. The van der Waals surface area contributed by atoms with Gasteiger partial charge in [0.1, 0.15) is 0 Å². The molecule has 0 saturated heterocycles. The average molecular weight is 311 g/mol. The van der Waals surface area contributed by atoms with Crippen molar-refractivity contribution in [3.05, 3.63) is 33.8 Å². The number of hydrogen-bond donors (Lipinski definition) is 2. The van der Waals surface area contributed by atoms with E-state index in [1.807, 2.05) is 0 Å². The lowest BCUT2D eigenvalue weighted by Gasteiger charge is -2.33. The molecule has 1 aliphatic carbocycles. The molecule has 3 atom stereocenters. The Labute approximate surface area is 118 Å². The van der Waals surface area contributed by atoms with E-state index in [9.17, 15) is 0 Å². The number of rotatable bonds is 3. The van der Waals surface area contributed by atoms with Crippen LogP contribution in [0.5, 0.6) is 0 Å². The SMILES string of the molecule is Cc1cc(Br)cc(C(NN)C2CCCC(C)C2)c1. The molecule has 0 spiro atoms. The molecule has 3 heteroatoms. The third kappa shape index (κ3) is 3.34. The van der Waals surface area contributed by atoms with Gasteiger partial charge in [-0.2, -0.15) is 0 Å². The first kappa shape index (κ1) is 14.0. The number of benzene rings is 1. The van der Waals surface area contributed by atoms with E-state index >= 15 is 0 Å². The Kier molecular flexibility index (Phi) is 4.82. The van der Waals surface area contributed by atoms with Crippen LogP contribution in [-0.2, 0) is 0 Å². The normalized spacial score (nSPS) is 26.0. The minimum atomic E-state index is 0.281. The van der Waals surface area contributed by atoms with Gasteiger partial charge in [0.25, 0.3) is 0 Å². The van der Waals surface area contributed by atoms with Crippen molar-refractivity contribution in [3.63, 3.8) is 0 Å². The van der Waals surface area contributed by atoms with Gasteiger partial charge in [-0.1, -0.05) is 41.8 Å². The quantitative estimate of drug-likeness (QED) is 0.652. The van der Waals surface area contributed by atoms with E-state index < -0.39 is 0 Å². The van der Waals surface area contributed by atoms with Crippen LogP contribution in [0, 0.1) is 18.8 Å². The van der Waals surface area contributed by atoms with E-state index in [2.05, 4.69) is 53.4 Å². The first-order chi connectivity index (χ1) is 8.60. The van der Waals surface area contributed by atoms with Gasteiger partial charge < -0.3 is 0 Å². The highest BCUT2D eigenvalue weighted by molar-refractivity contribution is 9.10. The highest BCUT2D eigenvalue weighted by Crippen LogP contribution is 2.37. The third-order valence-electron chi connectivity index (χ3n) is 4.05. The summed E-state index contributed by atoms with van der Waals surface area (Å²) in [5, 5.41) is 0. The van der Waals surface area contributed by atoms with Gasteiger partial charge in [-0.15, -0.1) is 0 Å². The van der Waals surface area contributed by atoms with Gasteiger partial charge in [-0.25, -0.2) is 0 Å². The van der Waals surface area contributed by atoms with Gasteiger partial charge in [-0.05, 0) is 54.9 Å². The summed E-state index contributed by atoms with van der Waals surface area (Å²) < 4.78 is 1.14. The van der Waals surface area contributed by atoms with Gasteiger partial charge in [0.2, 0.25) is 0 Å². The van der Waals surface area contributed by atoms with E-state index in [1.54, 1.807) is 0 Å². The van der Waals surface area contributed by atoms with Crippen LogP contribution in [0.15, 0.2) is 22.7 Å².